The number of halogens is 1. The molecule has 1 fully saturated rings. The molecule has 5 heteroatoms. The van der Waals surface area contributed by atoms with Gasteiger partial charge in [-0.1, -0.05) is 43.7 Å². The molecule has 1 heterocycles. The molecule has 1 unspecified atom stereocenters. The van der Waals surface area contributed by atoms with Crippen LogP contribution in [0.5, 0.6) is 0 Å². The van der Waals surface area contributed by atoms with E-state index in [9.17, 15) is 0 Å². The Balaban J connectivity index is 2.00. The molecule has 0 spiro atoms. The van der Waals surface area contributed by atoms with Gasteiger partial charge >= 0.3 is 0 Å². The fraction of sp³-hybridized carbons (Fsp3) is 0.786. The van der Waals surface area contributed by atoms with Crippen molar-refractivity contribution in [2.45, 2.75) is 51.1 Å². The quantitative estimate of drug-likeness (QED) is 0.873. The molecule has 0 saturated heterocycles. The molecule has 2 rings (SSSR count). The summed E-state index contributed by atoms with van der Waals surface area (Å²) >= 11 is 6.23. The lowest BCUT2D eigenvalue weighted by Crippen LogP contribution is -2.22. The maximum absolute atomic E-state index is 6.36. The second-order valence-corrected chi connectivity index (χ2v) is 5.85. The smallest absolute Gasteiger partial charge is 0.0834 e. The summed E-state index contributed by atoms with van der Waals surface area (Å²) in [4.78, 5) is 0. The highest BCUT2D eigenvalue weighted by molar-refractivity contribution is 6.31. The molecule has 108 valence electrons. The molecule has 1 aliphatic carbocycles. The van der Waals surface area contributed by atoms with Gasteiger partial charge in [-0.2, -0.15) is 5.10 Å². The van der Waals surface area contributed by atoms with E-state index in [4.69, 9.17) is 22.1 Å². The molecule has 0 aliphatic heterocycles. The molecule has 1 aromatic heterocycles. The van der Waals surface area contributed by atoms with Crippen molar-refractivity contribution < 1.29 is 4.74 Å². The largest absolute Gasteiger partial charge is 0.383 e. The van der Waals surface area contributed by atoms with Crippen LogP contribution < -0.4 is 5.73 Å². The third kappa shape index (κ3) is 3.94. The second kappa shape index (κ2) is 7.27. The Labute approximate surface area is 120 Å². The first kappa shape index (κ1) is 14.8. The standard InChI is InChI=1S/C14H24ClN3O/c1-19-8-7-18-14(12(15)10-17-18)13(16)9-11-5-3-2-4-6-11/h10-11,13H,2-9,16H2,1H3. The first-order chi connectivity index (χ1) is 9.22. The van der Waals surface area contributed by atoms with Gasteiger partial charge in [0.15, 0.2) is 0 Å². The highest BCUT2D eigenvalue weighted by Gasteiger charge is 2.22. The van der Waals surface area contributed by atoms with E-state index in [1.165, 1.54) is 32.1 Å². The zero-order valence-electron chi connectivity index (χ0n) is 11.6. The molecule has 1 aromatic rings. The van der Waals surface area contributed by atoms with Gasteiger partial charge in [0, 0.05) is 13.2 Å². The molecule has 4 nitrogen and oxygen atoms in total. The molecule has 19 heavy (non-hydrogen) atoms. The van der Waals surface area contributed by atoms with E-state index >= 15 is 0 Å². The SMILES string of the molecule is COCCn1ncc(Cl)c1C(N)CC1CCCCC1. The summed E-state index contributed by atoms with van der Waals surface area (Å²) in [6.07, 6.45) is 9.36. The number of aromatic nitrogens is 2. The first-order valence-corrected chi connectivity index (χ1v) is 7.56. The van der Waals surface area contributed by atoms with E-state index in [0.29, 0.717) is 18.2 Å². The van der Waals surface area contributed by atoms with E-state index < -0.39 is 0 Å². The Kier molecular flexibility index (Phi) is 5.67. The van der Waals surface area contributed by atoms with Gasteiger partial charge in [0.05, 0.1) is 30.1 Å². The molecular formula is C14H24ClN3O. The average Bonchev–Trinajstić information content (AvgIpc) is 2.78. The van der Waals surface area contributed by atoms with Gasteiger partial charge in [-0.05, 0) is 12.3 Å². The summed E-state index contributed by atoms with van der Waals surface area (Å²) in [6.45, 7) is 1.33. The summed E-state index contributed by atoms with van der Waals surface area (Å²) in [5.74, 6) is 0.741. The molecule has 0 bridgehead atoms. The van der Waals surface area contributed by atoms with E-state index in [-0.39, 0.29) is 6.04 Å². The van der Waals surface area contributed by atoms with Crippen molar-refractivity contribution in [3.8, 4) is 0 Å². The Morgan fingerprint density at radius 1 is 1.47 bits per heavy atom. The normalized spacial score (nSPS) is 18.7. The maximum atomic E-state index is 6.36. The Morgan fingerprint density at radius 2 is 2.21 bits per heavy atom. The monoisotopic (exact) mass is 285 g/mol. The van der Waals surface area contributed by atoms with E-state index in [2.05, 4.69) is 5.10 Å². The van der Waals surface area contributed by atoms with Crippen molar-refractivity contribution in [3.63, 3.8) is 0 Å². The van der Waals surface area contributed by atoms with Crippen LogP contribution in [0.15, 0.2) is 6.20 Å². The third-order valence-corrected chi connectivity index (χ3v) is 4.29. The van der Waals surface area contributed by atoms with Crippen LogP contribution in [-0.2, 0) is 11.3 Å². The minimum absolute atomic E-state index is 0.0186. The van der Waals surface area contributed by atoms with Crippen molar-refractivity contribution in [1.29, 1.82) is 0 Å². The fourth-order valence-electron chi connectivity index (χ4n) is 2.99. The van der Waals surface area contributed by atoms with Gasteiger partial charge in [0.1, 0.15) is 0 Å². The predicted molar refractivity (Wildman–Crippen MR) is 77.2 cm³/mol. The number of nitrogens with two attached hydrogens (primary N) is 1. The zero-order chi connectivity index (χ0) is 13.7. The van der Waals surface area contributed by atoms with Crippen molar-refractivity contribution in [2.24, 2.45) is 11.7 Å². The van der Waals surface area contributed by atoms with Gasteiger partial charge in [0.25, 0.3) is 0 Å². The molecule has 1 aliphatic rings. The number of rotatable bonds is 6. The van der Waals surface area contributed by atoms with Gasteiger partial charge in [0.2, 0.25) is 0 Å². The summed E-state index contributed by atoms with van der Waals surface area (Å²) in [5.41, 5.74) is 7.32. The summed E-state index contributed by atoms with van der Waals surface area (Å²) in [6, 6.07) is -0.0186. The minimum Gasteiger partial charge on any atom is -0.383 e. The molecule has 1 atom stereocenters. The fourth-order valence-corrected chi connectivity index (χ4v) is 3.27. The molecule has 1 saturated carbocycles. The van der Waals surface area contributed by atoms with Crippen LogP contribution in [0.3, 0.4) is 0 Å². The van der Waals surface area contributed by atoms with Crippen LogP contribution in [0.4, 0.5) is 0 Å². The average molecular weight is 286 g/mol. The lowest BCUT2D eigenvalue weighted by molar-refractivity contribution is 0.181. The van der Waals surface area contributed by atoms with E-state index in [0.717, 1.165) is 18.0 Å². The number of hydrogen-bond acceptors (Lipinski definition) is 3. The highest BCUT2D eigenvalue weighted by atomic mass is 35.5. The number of hydrogen-bond donors (Lipinski definition) is 1. The van der Waals surface area contributed by atoms with Gasteiger partial charge in [-0.25, -0.2) is 0 Å². The van der Waals surface area contributed by atoms with Crippen molar-refractivity contribution in [3.05, 3.63) is 16.9 Å². The molecular weight excluding hydrogens is 262 g/mol. The molecule has 2 N–H and O–H groups in total. The molecule has 0 aromatic carbocycles. The van der Waals surface area contributed by atoms with E-state index in [1.807, 2.05) is 4.68 Å². The topological polar surface area (TPSA) is 53.1 Å². The predicted octanol–water partition coefficient (Wildman–Crippen LogP) is 3.15. The van der Waals surface area contributed by atoms with E-state index in [1.54, 1.807) is 13.3 Å². The minimum atomic E-state index is -0.0186. The first-order valence-electron chi connectivity index (χ1n) is 7.18. The maximum Gasteiger partial charge on any atom is 0.0834 e. The summed E-state index contributed by atoms with van der Waals surface area (Å²) in [7, 11) is 1.69. The lowest BCUT2D eigenvalue weighted by Gasteiger charge is -2.25. The van der Waals surface area contributed by atoms with Crippen LogP contribution >= 0.6 is 11.6 Å². The van der Waals surface area contributed by atoms with Crippen molar-refractivity contribution >= 4 is 11.6 Å². The van der Waals surface area contributed by atoms with Crippen molar-refractivity contribution in [1.82, 2.24) is 9.78 Å². The van der Waals surface area contributed by atoms with Crippen LogP contribution in [0.25, 0.3) is 0 Å². The summed E-state index contributed by atoms with van der Waals surface area (Å²) in [5, 5.41) is 4.97. The van der Waals surface area contributed by atoms with Crippen LogP contribution in [0, 0.1) is 5.92 Å². The van der Waals surface area contributed by atoms with Crippen molar-refractivity contribution in [2.75, 3.05) is 13.7 Å². The zero-order valence-corrected chi connectivity index (χ0v) is 12.4. The Morgan fingerprint density at radius 3 is 2.89 bits per heavy atom. The Hall–Kier alpha value is -0.580. The molecule has 0 amide bonds. The molecule has 0 radical (unpaired) electrons. The van der Waals surface area contributed by atoms with Gasteiger partial charge in [-0.3, -0.25) is 4.68 Å². The summed E-state index contributed by atoms with van der Waals surface area (Å²) < 4.78 is 6.98. The number of methoxy groups -OCH3 is 1. The van der Waals surface area contributed by atoms with Crippen LogP contribution in [0.2, 0.25) is 5.02 Å². The van der Waals surface area contributed by atoms with Gasteiger partial charge in [-0.15, -0.1) is 0 Å². The van der Waals surface area contributed by atoms with Crippen LogP contribution in [0.1, 0.15) is 50.3 Å². The number of nitrogens with zero attached hydrogens (tertiary/aromatic N) is 2. The Bertz CT molecular complexity index is 388. The number of ether oxygens (including phenoxy) is 1. The van der Waals surface area contributed by atoms with Crippen LogP contribution in [-0.4, -0.2) is 23.5 Å². The second-order valence-electron chi connectivity index (χ2n) is 5.44. The third-order valence-electron chi connectivity index (χ3n) is 4.00. The lowest BCUT2D eigenvalue weighted by atomic mass is 9.84. The van der Waals surface area contributed by atoms with Gasteiger partial charge < -0.3 is 10.5 Å². The highest BCUT2D eigenvalue weighted by Crippen LogP contribution is 2.32.